The average Bonchev–Trinajstić information content (AvgIpc) is 2.63. The summed E-state index contributed by atoms with van der Waals surface area (Å²) in [5.41, 5.74) is 3.26. The normalized spacial score (nSPS) is 11.3. The molecule has 0 aliphatic rings. The first-order valence-electron chi connectivity index (χ1n) is 4.78. The van der Waals surface area contributed by atoms with Crippen LogP contribution in [-0.4, -0.2) is 9.97 Å². The Morgan fingerprint density at radius 1 is 1.27 bits per heavy atom. The van der Waals surface area contributed by atoms with Crippen molar-refractivity contribution in [2.24, 2.45) is 0 Å². The van der Waals surface area contributed by atoms with Crippen LogP contribution in [0.4, 0.5) is 0 Å². The third-order valence-electron chi connectivity index (χ3n) is 2.67. The second kappa shape index (κ2) is 2.97. The molecule has 0 bridgehead atoms. The summed E-state index contributed by atoms with van der Waals surface area (Å²) in [7, 11) is 0. The van der Waals surface area contributed by atoms with Gasteiger partial charge in [-0.25, -0.2) is 0 Å². The number of hydrogen-bond acceptors (Lipinski definition) is 1. The Hall–Kier alpha value is -1.54. The van der Waals surface area contributed by atoms with Crippen molar-refractivity contribution in [3.63, 3.8) is 0 Å². The van der Waals surface area contributed by atoms with Crippen LogP contribution in [0.5, 0.6) is 0 Å². The minimum atomic E-state index is 0.666. The van der Waals surface area contributed by atoms with Gasteiger partial charge in [-0.1, -0.05) is 11.6 Å². The average molecular weight is 217 g/mol. The van der Waals surface area contributed by atoms with E-state index >= 15 is 0 Å². The molecule has 1 aromatic carbocycles. The molecule has 0 fully saturated rings. The van der Waals surface area contributed by atoms with Gasteiger partial charge in [-0.3, -0.25) is 4.98 Å². The highest BCUT2D eigenvalue weighted by Gasteiger charge is 2.05. The van der Waals surface area contributed by atoms with E-state index in [1.54, 1.807) is 0 Å². The Balaban J connectivity index is 2.62. The van der Waals surface area contributed by atoms with Crippen molar-refractivity contribution in [3.05, 3.63) is 41.2 Å². The molecule has 2 heterocycles. The number of aromatic amines is 1. The highest BCUT2D eigenvalue weighted by atomic mass is 35.5. The molecule has 0 atom stereocenters. The standard InChI is InChI=1S/C12H9ClN2/c1-7-6-11(13)15-10-3-2-9-8(12(7)10)4-5-14-9/h2-6,15H,1H3. The first-order valence-corrected chi connectivity index (χ1v) is 5.16. The summed E-state index contributed by atoms with van der Waals surface area (Å²) in [6.07, 6.45) is 1.83. The fraction of sp³-hybridized carbons (Fsp3) is 0.0833. The number of pyridine rings is 1. The van der Waals surface area contributed by atoms with Crippen LogP contribution in [0.3, 0.4) is 0 Å². The van der Waals surface area contributed by atoms with E-state index in [1.165, 1.54) is 16.3 Å². The fourth-order valence-electron chi connectivity index (χ4n) is 2.04. The van der Waals surface area contributed by atoms with Gasteiger partial charge in [0.1, 0.15) is 5.15 Å². The minimum absolute atomic E-state index is 0.666. The van der Waals surface area contributed by atoms with Crippen molar-refractivity contribution < 1.29 is 0 Å². The van der Waals surface area contributed by atoms with Gasteiger partial charge in [-0.2, -0.15) is 0 Å². The van der Waals surface area contributed by atoms with E-state index in [0.29, 0.717) is 5.15 Å². The summed E-state index contributed by atoms with van der Waals surface area (Å²) in [6.45, 7) is 2.06. The number of H-pyrrole nitrogens is 1. The highest BCUT2D eigenvalue weighted by Crippen LogP contribution is 2.27. The second-order valence-corrected chi connectivity index (χ2v) is 4.07. The van der Waals surface area contributed by atoms with E-state index in [-0.39, 0.29) is 0 Å². The lowest BCUT2D eigenvalue weighted by Gasteiger charge is -2.05. The minimum Gasteiger partial charge on any atom is -0.346 e. The molecule has 15 heavy (non-hydrogen) atoms. The number of hydrogen-bond donors (Lipinski definition) is 1. The predicted molar refractivity (Wildman–Crippen MR) is 63.3 cm³/mol. The van der Waals surface area contributed by atoms with E-state index in [2.05, 4.69) is 16.9 Å². The molecule has 0 amide bonds. The van der Waals surface area contributed by atoms with Crippen LogP contribution in [0, 0.1) is 6.92 Å². The van der Waals surface area contributed by atoms with Gasteiger partial charge in [-0.05, 0) is 36.8 Å². The molecule has 3 heteroatoms. The van der Waals surface area contributed by atoms with Gasteiger partial charge >= 0.3 is 0 Å². The van der Waals surface area contributed by atoms with Crippen molar-refractivity contribution in [1.82, 2.24) is 9.97 Å². The summed E-state index contributed by atoms with van der Waals surface area (Å²) in [5.74, 6) is 0. The molecule has 74 valence electrons. The highest BCUT2D eigenvalue weighted by molar-refractivity contribution is 6.30. The van der Waals surface area contributed by atoms with E-state index in [1.807, 2.05) is 30.5 Å². The maximum absolute atomic E-state index is 5.98. The molecular weight excluding hydrogens is 208 g/mol. The monoisotopic (exact) mass is 216 g/mol. The molecule has 1 N–H and O–H groups in total. The molecule has 0 saturated heterocycles. The van der Waals surface area contributed by atoms with Gasteiger partial charge in [0, 0.05) is 22.5 Å². The number of fused-ring (bicyclic) bond motifs is 3. The number of aromatic nitrogens is 2. The molecule has 2 nitrogen and oxygen atoms in total. The molecule has 0 aliphatic carbocycles. The Bertz CT molecular complexity index is 655. The molecule has 3 rings (SSSR count). The fourth-order valence-corrected chi connectivity index (χ4v) is 2.30. The van der Waals surface area contributed by atoms with Gasteiger partial charge in [0.2, 0.25) is 0 Å². The number of rotatable bonds is 0. The van der Waals surface area contributed by atoms with Gasteiger partial charge in [0.15, 0.2) is 0 Å². The number of nitrogens with one attached hydrogen (secondary N) is 1. The van der Waals surface area contributed by atoms with Crippen molar-refractivity contribution in [2.75, 3.05) is 0 Å². The first kappa shape index (κ1) is 8.74. The number of aryl methyl sites for hydroxylation is 1. The molecule has 0 radical (unpaired) electrons. The van der Waals surface area contributed by atoms with Gasteiger partial charge in [0.05, 0.1) is 5.52 Å². The molecule has 0 spiro atoms. The summed E-state index contributed by atoms with van der Waals surface area (Å²) < 4.78 is 0. The van der Waals surface area contributed by atoms with Crippen LogP contribution in [0.2, 0.25) is 5.15 Å². The van der Waals surface area contributed by atoms with Crippen molar-refractivity contribution in [3.8, 4) is 0 Å². The Kier molecular flexibility index (Phi) is 1.73. The predicted octanol–water partition coefficient (Wildman–Crippen LogP) is 3.68. The summed E-state index contributed by atoms with van der Waals surface area (Å²) in [6, 6.07) is 8.00. The van der Waals surface area contributed by atoms with Crippen LogP contribution in [-0.2, 0) is 0 Å². The van der Waals surface area contributed by atoms with Crippen LogP contribution >= 0.6 is 11.6 Å². The van der Waals surface area contributed by atoms with E-state index in [4.69, 9.17) is 11.6 Å². The van der Waals surface area contributed by atoms with Crippen LogP contribution in [0.15, 0.2) is 30.5 Å². The molecule has 3 aromatic rings. The van der Waals surface area contributed by atoms with Crippen molar-refractivity contribution in [2.45, 2.75) is 6.92 Å². The lowest BCUT2D eigenvalue weighted by molar-refractivity contribution is 1.37. The van der Waals surface area contributed by atoms with Crippen molar-refractivity contribution >= 4 is 33.4 Å². The third-order valence-corrected chi connectivity index (χ3v) is 2.87. The Morgan fingerprint density at radius 3 is 3.00 bits per heavy atom. The van der Waals surface area contributed by atoms with Gasteiger partial charge < -0.3 is 4.98 Å². The molecule has 0 aliphatic heterocycles. The maximum Gasteiger partial charge on any atom is 0.106 e. The Labute approximate surface area is 91.9 Å². The maximum atomic E-state index is 5.98. The lowest BCUT2D eigenvalue weighted by Crippen LogP contribution is -1.84. The zero-order chi connectivity index (χ0) is 10.4. The zero-order valence-corrected chi connectivity index (χ0v) is 8.97. The number of benzene rings is 1. The zero-order valence-electron chi connectivity index (χ0n) is 8.21. The topological polar surface area (TPSA) is 28.7 Å². The number of nitrogens with zero attached hydrogens (tertiary/aromatic N) is 1. The molecular formula is C12H9ClN2. The lowest BCUT2D eigenvalue weighted by atomic mass is 10.1. The largest absolute Gasteiger partial charge is 0.346 e. The Morgan fingerprint density at radius 2 is 2.13 bits per heavy atom. The first-order chi connectivity index (χ1) is 7.25. The van der Waals surface area contributed by atoms with Gasteiger partial charge in [-0.15, -0.1) is 0 Å². The third kappa shape index (κ3) is 1.22. The van der Waals surface area contributed by atoms with Gasteiger partial charge in [0.25, 0.3) is 0 Å². The van der Waals surface area contributed by atoms with Crippen molar-refractivity contribution in [1.29, 1.82) is 0 Å². The SMILES string of the molecule is Cc1cc(Cl)[nH]c2ccc3nccc3c12. The van der Waals surface area contributed by atoms with Crippen LogP contribution < -0.4 is 0 Å². The van der Waals surface area contributed by atoms with E-state index in [9.17, 15) is 0 Å². The molecule has 0 unspecified atom stereocenters. The van der Waals surface area contributed by atoms with Crippen LogP contribution in [0.25, 0.3) is 21.8 Å². The summed E-state index contributed by atoms with van der Waals surface area (Å²) in [5, 5.41) is 3.05. The summed E-state index contributed by atoms with van der Waals surface area (Å²) in [4.78, 5) is 7.44. The number of halogens is 1. The van der Waals surface area contributed by atoms with Crippen LogP contribution in [0.1, 0.15) is 5.56 Å². The molecule has 2 aromatic heterocycles. The second-order valence-electron chi connectivity index (χ2n) is 3.67. The van der Waals surface area contributed by atoms with E-state index < -0.39 is 0 Å². The smallest absolute Gasteiger partial charge is 0.106 e. The van der Waals surface area contributed by atoms with E-state index in [0.717, 1.165) is 11.0 Å². The quantitative estimate of drug-likeness (QED) is 0.571. The molecule has 0 saturated carbocycles. The summed E-state index contributed by atoms with van der Waals surface area (Å²) >= 11 is 5.98.